The fourth-order valence-electron chi connectivity index (χ4n) is 1.45. The van der Waals surface area contributed by atoms with Gasteiger partial charge in [-0.2, -0.15) is 0 Å². The fourth-order valence-corrected chi connectivity index (χ4v) is 2.83. The number of rotatable bonds is 5. The number of carboxylic acid groups (broad SMARTS) is 1. The molecule has 7 heteroatoms. The number of hydrogen-bond donors (Lipinski definition) is 1. The van der Waals surface area contributed by atoms with Crippen molar-refractivity contribution in [2.75, 3.05) is 0 Å². The van der Waals surface area contributed by atoms with E-state index in [1.165, 1.54) is 6.07 Å². The summed E-state index contributed by atoms with van der Waals surface area (Å²) < 4.78 is 12.2. The van der Waals surface area contributed by atoms with Crippen molar-refractivity contribution < 1.29 is 19.2 Å². The van der Waals surface area contributed by atoms with E-state index in [0.29, 0.717) is 12.4 Å². The highest BCUT2D eigenvalue weighted by atomic mass is 79.9. The number of benzene rings is 1. The Morgan fingerprint density at radius 1 is 1.21 bits per heavy atom. The maximum Gasteiger partial charge on any atom is 0.358 e. The Labute approximate surface area is 125 Å². The first kappa shape index (κ1) is 14.2. The molecule has 0 fully saturated rings. The summed E-state index contributed by atoms with van der Waals surface area (Å²) in [6.07, 6.45) is 0. The molecular weight excluding hydrogens is 382 g/mol. The Hall–Kier alpha value is -1.18. The van der Waals surface area contributed by atoms with Gasteiger partial charge in [0.1, 0.15) is 6.61 Å². The van der Waals surface area contributed by atoms with Crippen LogP contribution in [0.15, 0.2) is 37.7 Å². The van der Waals surface area contributed by atoms with Crippen molar-refractivity contribution in [1.29, 1.82) is 0 Å². The highest BCUT2D eigenvalue weighted by Gasteiger charge is 2.10. The van der Waals surface area contributed by atoms with Crippen LogP contribution in [0.25, 0.3) is 0 Å². The molecule has 0 bridgehead atoms. The molecule has 100 valence electrons. The number of nitrogens with zero attached hydrogens (tertiary/aromatic N) is 1. The molecule has 0 amide bonds. The quantitative estimate of drug-likeness (QED) is 0.844. The molecule has 1 aromatic carbocycles. The largest absolute Gasteiger partial charge is 0.476 e. The lowest BCUT2D eigenvalue weighted by Crippen LogP contribution is -1.95. The molecule has 1 N–H and O–H groups in total. The van der Waals surface area contributed by atoms with Crippen LogP contribution in [0.1, 0.15) is 21.8 Å². The molecule has 1 heterocycles. The van der Waals surface area contributed by atoms with E-state index < -0.39 is 5.97 Å². The van der Waals surface area contributed by atoms with Gasteiger partial charge in [0.05, 0.1) is 6.61 Å². The Bertz CT molecular complexity index is 577. The summed E-state index contributed by atoms with van der Waals surface area (Å²) in [6, 6.07) is 7.15. The molecule has 2 rings (SSSR count). The predicted molar refractivity (Wildman–Crippen MR) is 73.8 cm³/mol. The zero-order valence-corrected chi connectivity index (χ0v) is 12.8. The third-order valence-corrected chi connectivity index (χ3v) is 3.13. The maximum absolute atomic E-state index is 10.6. The lowest BCUT2D eigenvalue weighted by Gasteiger charge is -2.03. The van der Waals surface area contributed by atoms with Crippen LogP contribution in [0.3, 0.4) is 0 Å². The van der Waals surface area contributed by atoms with Crippen LogP contribution in [0.4, 0.5) is 0 Å². The lowest BCUT2D eigenvalue weighted by atomic mass is 10.2. The van der Waals surface area contributed by atoms with Gasteiger partial charge in [0.15, 0.2) is 11.5 Å². The van der Waals surface area contributed by atoms with Crippen LogP contribution in [-0.2, 0) is 18.0 Å². The zero-order valence-electron chi connectivity index (χ0n) is 9.60. The number of hydrogen-bond acceptors (Lipinski definition) is 4. The summed E-state index contributed by atoms with van der Waals surface area (Å²) in [6.45, 7) is 0.561. The molecular formula is C12H9Br2NO4. The van der Waals surface area contributed by atoms with Crippen LogP contribution in [0.2, 0.25) is 0 Å². The molecule has 0 saturated heterocycles. The molecule has 0 aliphatic carbocycles. The predicted octanol–water partition coefficient (Wildman–Crippen LogP) is 3.61. The fraction of sp³-hybridized carbons (Fsp3) is 0.167. The summed E-state index contributed by atoms with van der Waals surface area (Å²) in [5.41, 5.74) is 0.864. The SMILES string of the molecule is O=C(O)c1cc(COCc2cc(Br)cc(Br)c2)on1. The minimum atomic E-state index is -1.12. The molecule has 0 atom stereocenters. The molecule has 1 aromatic heterocycles. The summed E-state index contributed by atoms with van der Waals surface area (Å²) in [5, 5.41) is 12.1. The molecule has 0 aliphatic rings. The van der Waals surface area contributed by atoms with E-state index in [1.807, 2.05) is 18.2 Å². The zero-order chi connectivity index (χ0) is 13.8. The molecule has 19 heavy (non-hydrogen) atoms. The summed E-state index contributed by atoms with van der Waals surface area (Å²) >= 11 is 6.78. The third-order valence-electron chi connectivity index (χ3n) is 2.21. The van der Waals surface area contributed by atoms with Gasteiger partial charge in [-0.05, 0) is 23.8 Å². The standard InChI is InChI=1S/C12H9Br2NO4/c13-8-1-7(2-9(14)3-8)5-18-6-10-4-11(12(16)17)15-19-10/h1-4H,5-6H2,(H,16,17). The second-order valence-corrected chi connectivity index (χ2v) is 5.59. The van der Waals surface area contributed by atoms with Gasteiger partial charge in [-0.25, -0.2) is 4.79 Å². The van der Waals surface area contributed by atoms with Crippen LogP contribution in [0.5, 0.6) is 0 Å². The average molecular weight is 391 g/mol. The van der Waals surface area contributed by atoms with Crippen molar-refractivity contribution >= 4 is 37.8 Å². The van der Waals surface area contributed by atoms with E-state index in [1.54, 1.807) is 0 Å². The average Bonchev–Trinajstić information content (AvgIpc) is 2.76. The van der Waals surface area contributed by atoms with Crippen molar-refractivity contribution in [3.8, 4) is 0 Å². The highest BCUT2D eigenvalue weighted by Crippen LogP contribution is 2.20. The minimum absolute atomic E-state index is 0.121. The van der Waals surface area contributed by atoms with Gasteiger partial charge < -0.3 is 14.4 Å². The maximum atomic E-state index is 10.6. The Morgan fingerprint density at radius 2 is 1.89 bits per heavy atom. The van der Waals surface area contributed by atoms with E-state index >= 15 is 0 Å². The van der Waals surface area contributed by atoms with Crippen molar-refractivity contribution in [2.45, 2.75) is 13.2 Å². The first-order valence-electron chi connectivity index (χ1n) is 5.26. The number of aromatic carboxylic acids is 1. The molecule has 0 spiro atoms. The summed E-state index contributed by atoms with van der Waals surface area (Å²) in [7, 11) is 0. The molecule has 2 aromatic rings. The van der Waals surface area contributed by atoms with Gasteiger partial charge >= 0.3 is 5.97 Å². The number of carbonyl (C=O) groups is 1. The molecule has 0 saturated carbocycles. The van der Waals surface area contributed by atoms with Crippen molar-refractivity contribution in [3.05, 3.63) is 50.2 Å². The second kappa shape index (κ2) is 6.31. The lowest BCUT2D eigenvalue weighted by molar-refractivity contribution is 0.0683. The van der Waals surface area contributed by atoms with E-state index in [9.17, 15) is 4.79 Å². The van der Waals surface area contributed by atoms with Gasteiger partial charge in [0, 0.05) is 15.0 Å². The topological polar surface area (TPSA) is 72.6 Å². The number of ether oxygens (including phenoxy) is 1. The first-order valence-corrected chi connectivity index (χ1v) is 6.85. The van der Waals surface area contributed by atoms with Crippen LogP contribution < -0.4 is 0 Å². The van der Waals surface area contributed by atoms with Gasteiger partial charge in [-0.15, -0.1) is 0 Å². The van der Waals surface area contributed by atoms with Gasteiger partial charge in [-0.1, -0.05) is 37.0 Å². The van der Waals surface area contributed by atoms with Crippen LogP contribution >= 0.6 is 31.9 Å². The summed E-state index contributed by atoms with van der Waals surface area (Å²) in [4.78, 5) is 10.6. The molecule has 0 radical (unpaired) electrons. The molecule has 0 aliphatic heterocycles. The van der Waals surface area contributed by atoms with E-state index in [0.717, 1.165) is 14.5 Å². The monoisotopic (exact) mass is 389 g/mol. The Kier molecular flexibility index (Phi) is 4.73. The number of aromatic nitrogens is 1. The molecule has 0 unspecified atom stereocenters. The number of halogens is 2. The first-order chi connectivity index (χ1) is 9.04. The van der Waals surface area contributed by atoms with Crippen LogP contribution in [-0.4, -0.2) is 16.2 Å². The van der Waals surface area contributed by atoms with Crippen molar-refractivity contribution in [1.82, 2.24) is 5.16 Å². The smallest absolute Gasteiger partial charge is 0.358 e. The second-order valence-electron chi connectivity index (χ2n) is 3.75. The normalized spacial score (nSPS) is 10.6. The van der Waals surface area contributed by atoms with Gasteiger partial charge in [0.2, 0.25) is 0 Å². The van der Waals surface area contributed by atoms with Crippen molar-refractivity contribution in [2.24, 2.45) is 0 Å². The van der Waals surface area contributed by atoms with E-state index in [-0.39, 0.29) is 12.3 Å². The summed E-state index contributed by atoms with van der Waals surface area (Å²) in [5.74, 6) is -0.739. The molecule has 5 nitrogen and oxygen atoms in total. The van der Waals surface area contributed by atoms with Crippen LogP contribution in [0, 0.1) is 0 Å². The van der Waals surface area contributed by atoms with Crippen molar-refractivity contribution in [3.63, 3.8) is 0 Å². The highest BCUT2D eigenvalue weighted by molar-refractivity contribution is 9.11. The third kappa shape index (κ3) is 4.15. The van der Waals surface area contributed by atoms with Gasteiger partial charge in [0.25, 0.3) is 0 Å². The minimum Gasteiger partial charge on any atom is -0.476 e. The van der Waals surface area contributed by atoms with Gasteiger partial charge in [-0.3, -0.25) is 0 Å². The van der Waals surface area contributed by atoms with E-state index in [2.05, 4.69) is 37.0 Å². The Balaban J connectivity index is 1.90. The van der Waals surface area contributed by atoms with E-state index in [4.69, 9.17) is 14.4 Å². The number of carboxylic acids is 1. The Morgan fingerprint density at radius 3 is 2.47 bits per heavy atom.